The molecule has 0 fully saturated rings. The Balaban J connectivity index is 1.37. The predicted octanol–water partition coefficient (Wildman–Crippen LogP) is 6.80. The van der Waals surface area contributed by atoms with E-state index in [1.807, 2.05) is 114 Å². The molecule has 0 amide bonds. The quantitative estimate of drug-likeness (QED) is 0.194. The van der Waals surface area contributed by atoms with Gasteiger partial charge in [0.2, 0.25) is 5.75 Å². The van der Waals surface area contributed by atoms with Crippen molar-refractivity contribution >= 4 is 16.9 Å². The molecule has 0 saturated carbocycles. The number of hydrogen-bond donors (Lipinski definition) is 1. The van der Waals surface area contributed by atoms with Gasteiger partial charge in [0.15, 0.2) is 17.3 Å². The van der Waals surface area contributed by atoms with Crippen LogP contribution < -0.4 is 19.9 Å². The van der Waals surface area contributed by atoms with Gasteiger partial charge < -0.3 is 24.5 Å². The number of anilines is 1. The smallest absolute Gasteiger partial charge is 0.203 e. The highest BCUT2D eigenvalue weighted by atomic mass is 16.5. The fourth-order valence-corrected chi connectivity index (χ4v) is 4.62. The maximum absolute atomic E-state index is 6.41. The number of benzene rings is 4. The van der Waals surface area contributed by atoms with Crippen LogP contribution in [-0.4, -0.2) is 14.5 Å². The van der Waals surface area contributed by atoms with Crippen LogP contribution in [0.25, 0.3) is 11.0 Å². The first-order valence-electron chi connectivity index (χ1n) is 13.5. The molecule has 0 aliphatic carbocycles. The molecular weight excluding hydrogens is 512 g/mol. The standard InChI is InChI=1S/C34H30N4O3/c35-34-32-29(16-17-36-34)38(24-37-32)20-28-18-30(39-21-25-10-4-1-5-11-25)33(41-23-27-14-8-3-9-15-27)31(19-28)40-22-26-12-6-2-7-13-26/h1-19,24H,20-23H2,(H2,35,36). The van der Waals surface area contributed by atoms with Gasteiger partial charge >= 0.3 is 0 Å². The number of rotatable bonds is 11. The van der Waals surface area contributed by atoms with E-state index in [-0.39, 0.29) is 0 Å². The average molecular weight is 543 g/mol. The third-order valence-electron chi connectivity index (χ3n) is 6.70. The van der Waals surface area contributed by atoms with Crippen molar-refractivity contribution < 1.29 is 14.2 Å². The topological polar surface area (TPSA) is 84.4 Å². The second kappa shape index (κ2) is 12.3. The lowest BCUT2D eigenvalue weighted by Gasteiger charge is -2.19. The van der Waals surface area contributed by atoms with Gasteiger partial charge in [0.25, 0.3) is 0 Å². The van der Waals surface area contributed by atoms with E-state index in [2.05, 4.69) is 9.97 Å². The SMILES string of the molecule is Nc1nccc2c1ncn2Cc1cc(OCc2ccccc2)c(OCc2ccccc2)c(OCc2ccccc2)c1. The summed E-state index contributed by atoms with van der Waals surface area (Å²) in [7, 11) is 0. The molecule has 0 spiro atoms. The summed E-state index contributed by atoms with van der Waals surface area (Å²) in [5.41, 5.74) is 11.8. The zero-order valence-corrected chi connectivity index (χ0v) is 22.5. The second-order valence-electron chi connectivity index (χ2n) is 9.68. The van der Waals surface area contributed by atoms with Gasteiger partial charge in [0, 0.05) is 12.7 Å². The number of hydrogen-bond acceptors (Lipinski definition) is 6. The van der Waals surface area contributed by atoms with Crippen LogP contribution in [0.15, 0.2) is 122 Å². The van der Waals surface area contributed by atoms with Gasteiger partial charge in [-0.1, -0.05) is 91.0 Å². The Morgan fingerprint density at radius 1 is 0.585 bits per heavy atom. The fraction of sp³-hybridized carbons (Fsp3) is 0.118. The number of fused-ring (bicyclic) bond motifs is 1. The van der Waals surface area contributed by atoms with Crippen LogP contribution >= 0.6 is 0 Å². The normalized spacial score (nSPS) is 10.9. The van der Waals surface area contributed by atoms with Crippen LogP contribution in [0.4, 0.5) is 5.82 Å². The molecule has 0 aliphatic rings. The molecule has 41 heavy (non-hydrogen) atoms. The Morgan fingerprint density at radius 3 is 1.63 bits per heavy atom. The Bertz CT molecular complexity index is 1660. The molecule has 2 aromatic heterocycles. The molecule has 0 radical (unpaired) electrons. The van der Waals surface area contributed by atoms with Gasteiger partial charge in [-0.05, 0) is 40.5 Å². The second-order valence-corrected chi connectivity index (χ2v) is 9.68. The van der Waals surface area contributed by atoms with Gasteiger partial charge in [0.1, 0.15) is 25.3 Å². The minimum Gasteiger partial charge on any atom is -0.485 e. The van der Waals surface area contributed by atoms with Crippen molar-refractivity contribution in [3.63, 3.8) is 0 Å². The molecule has 2 heterocycles. The molecule has 0 bridgehead atoms. The minimum atomic E-state index is 0.377. The van der Waals surface area contributed by atoms with Gasteiger partial charge in [-0.3, -0.25) is 0 Å². The first-order chi connectivity index (χ1) is 20.2. The molecular formula is C34H30N4O3. The van der Waals surface area contributed by atoms with Gasteiger partial charge in [-0.25, -0.2) is 9.97 Å². The molecule has 7 nitrogen and oxygen atoms in total. The monoisotopic (exact) mass is 542 g/mol. The van der Waals surface area contributed by atoms with Crippen LogP contribution in [-0.2, 0) is 26.4 Å². The molecule has 0 aliphatic heterocycles. The Morgan fingerprint density at radius 2 is 1.10 bits per heavy atom. The fourth-order valence-electron chi connectivity index (χ4n) is 4.62. The lowest BCUT2D eigenvalue weighted by atomic mass is 10.1. The lowest BCUT2D eigenvalue weighted by molar-refractivity contribution is 0.229. The zero-order chi connectivity index (χ0) is 27.9. The van der Waals surface area contributed by atoms with Crippen molar-refractivity contribution in [1.29, 1.82) is 0 Å². The number of ether oxygens (including phenoxy) is 3. The van der Waals surface area contributed by atoms with Gasteiger partial charge in [-0.15, -0.1) is 0 Å². The predicted molar refractivity (Wildman–Crippen MR) is 160 cm³/mol. The molecule has 0 atom stereocenters. The molecule has 204 valence electrons. The lowest BCUT2D eigenvalue weighted by Crippen LogP contribution is -2.06. The Labute approximate surface area is 238 Å². The van der Waals surface area contributed by atoms with Crippen molar-refractivity contribution in [1.82, 2.24) is 14.5 Å². The van der Waals surface area contributed by atoms with Gasteiger partial charge in [-0.2, -0.15) is 0 Å². The summed E-state index contributed by atoms with van der Waals surface area (Å²) < 4.78 is 21.3. The van der Waals surface area contributed by atoms with E-state index in [0.29, 0.717) is 54.9 Å². The van der Waals surface area contributed by atoms with E-state index < -0.39 is 0 Å². The number of pyridine rings is 1. The van der Waals surface area contributed by atoms with Crippen molar-refractivity contribution in [2.75, 3.05) is 5.73 Å². The summed E-state index contributed by atoms with van der Waals surface area (Å²) in [6.45, 7) is 1.69. The average Bonchev–Trinajstić information content (AvgIpc) is 3.43. The Kier molecular flexibility index (Phi) is 7.76. The summed E-state index contributed by atoms with van der Waals surface area (Å²) in [5, 5.41) is 0. The highest BCUT2D eigenvalue weighted by Crippen LogP contribution is 2.41. The summed E-state index contributed by atoms with van der Waals surface area (Å²) in [5.74, 6) is 2.19. The Hall–Kier alpha value is -5.30. The first-order valence-corrected chi connectivity index (χ1v) is 13.5. The van der Waals surface area contributed by atoms with Crippen molar-refractivity contribution in [2.45, 2.75) is 26.4 Å². The van der Waals surface area contributed by atoms with Crippen LogP contribution in [0.3, 0.4) is 0 Å². The van der Waals surface area contributed by atoms with Crippen LogP contribution in [0.1, 0.15) is 22.3 Å². The minimum absolute atomic E-state index is 0.377. The number of imidazole rings is 1. The van der Waals surface area contributed by atoms with E-state index in [0.717, 1.165) is 27.8 Å². The van der Waals surface area contributed by atoms with Crippen molar-refractivity contribution in [3.05, 3.63) is 144 Å². The highest BCUT2D eigenvalue weighted by Gasteiger charge is 2.18. The summed E-state index contributed by atoms with van der Waals surface area (Å²) in [4.78, 5) is 8.64. The first kappa shape index (κ1) is 26.0. The van der Waals surface area contributed by atoms with E-state index in [1.54, 1.807) is 12.5 Å². The number of aromatic nitrogens is 3. The highest BCUT2D eigenvalue weighted by molar-refractivity contribution is 5.84. The number of nitrogen functional groups attached to an aromatic ring is 1. The summed E-state index contributed by atoms with van der Waals surface area (Å²) in [6.07, 6.45) is 3.47. The maximum Gasteiger partial charge on any atom is 0.203 e. The molecule has 7 heteroatoms. The number of nitrogens with zero attached hydrogens (tertiary/aromatic N) is 3. The van der Waals surface area contributed by atoms with E-state index in [4.69, 9.17) is 19.9 Å². The van der Waals surface area contributed by atoms with Gasteiger partial charge in [0.05, 0.1) is 11.8 Å². The third-order valence-corrected chi connectivity index (χ3v) is 6.70. The number of nitrogens with two attached hydrogens (primary N) is 1. The summed E-state index contributed by atoms with van der Waals surface area (Å²) >= 11 is 0. The molecule has 0 saturated heterocycles. The molecule has 0 unspecified atom stereocenters. The van der Waals surface area contributed by atoms with E-state index >= 15 is 0 Å². The van der Waals surface area contributed by atoms with Crippen LogP contribution in [0, 0.1) is 0 Å². The largest absolute Gasteiger partial charge is 0.485 e. The maximum atomic E-state index is 6.41. The molecule has 6 rings (SSSR count). The third kappa shape index (κ3) is 6.31. The molecule has 6 aromatic rings. The van der Waals surface area contributed by atoms with Crippen LogP contribution in [0.2, 0.25) is 0 Å². The molecule has 4 aromatic carbocycles. The van der Waals surface area contributed by atoms with Crippen LogP contribution in [0.5, 0.6) is 17.2 Å². The van der Waals surface area contributed by atoms with Crippen molar-refractivity contribution in [2.24, 2.45) is 0 Å². The zero-order valence-electron chi connectivity index (χ0n) is 22.5. The van der Waals surface area contributed by atoms with Crippen molar-refractivity contribution in [3.8, 4) is 17.2 Å². The molecule has 2 N–H and O–H groups in total. The summed E-state index contributed by atoms with van der Waals surface area (Å²) in [6, 6.07) is 36.1. The van der Waals surface area contributed by atoms with E-state index in [1.165, 1.54) is 0 Å². The van der Waals surface area contributed by atoms with E-state index in [9.17, 15) is 0 Å².